The maximum Gasteiger partial charge on any atom is 0.410 e. The molecule has 1 unspecified atom stereocenters. The fraction of sp³-hybridized carbons (Fsp3) is 0.568. The van der Waals surface area contributed by atoms with E-state index >= 15 is 0 Å². The zero-order valence-electron chi connectivity index (χ0n) is 28.1. The molecule has 1 aromatic carbocycles. The summed E-state index contributed by atoms with van der Waals surface area (Å²) in [4.78, 5) is 49.0. The first-order valence-corrected chi connectivity index (χ1v) is 18.0. The molecule has 48 heavy (non-hydrogen) atoms. The molecular weight excluding hydrogens is 651 g/mol. The van der Waals surface area contributed by atoms with Gasteiger partial charge in [-0.2, -0.15) is 0 Å². The number of ether oxygens (including phenoxy) is 1. The molecule has 258 valence electrons. The third-order valence-corrected chi connectivity index (χ3v) is 11.0. The van der Waals surface area contributed by atoms with E-state index in [1.165, 1.54) is 0 Å². The van der Waals surface area contributed by atoms with Gasteiger partial charge in [0.25, 0.3) is 0 Å². The van der Waals surface area contributed by atoms with Crippen molar-refractivity contribution in [2.75, 3.05) is 39.3 Å². The molecule has 0 bridgehead atoms. The zero-order chi connectivity index (χ0) is 34.2. The van der Waals surface area contributed by atoms with E-state index in [0.29, 0.717) is 58.6 Å². The van der Waals surface area contributed by atoms with E-state index in [1.807, 2.05) is 39.0 Å². The summed E-state index contributed by atoms with van der Waals surface area (Å²) in [6.07, 6.45) is 9.36. The summed E-state index contributed by atoms with van der Waals surface area (Å²) in [5.74, 6) is 0.682. The number of amides is 2. The highest BCUT2D eigenvalue weighted by Gasteiger charge is 2.37. The second-order valence-electron chi connectivity index (χ2n) is 14.8. The number of hydrogen-bond acceptors (Lipinski definition) is 6. The largest absolute Gasteiger partial charge is 0.478 e. The Morgan fingerprint density at radius 2 is 1.50 bits per heavy atom. The molecule has 9 nitrogen and oxygen atoms in total. The standard InChI is InChI=1S/C37H46Cl2N4O5/c1-37(2,3)48-36(47)43-12-6-23(7-13-43)18-32(44)41-14-8-24(9-15-41)25-10-16-42(17-11-25)34-29-5-4-27(38)19-26(29)20-31(35(45)46)30-21-28(39)22-40-33(30)34/h4-5,19-25,34H,6-18H2,1-3H3,(H,45,46). The Bertz CT molecular complexity index is 1570. The molecule has 1 aromatic heterocycles. The van der Waals surface area contributed by atoms with Crippen molar-refractivity contribution >= 4 is 52.8 Å². The highest BCUT2D eigenvalue weighted by Crippen LogP contribution is 2.43. The van der Waals surface area contributed by atoms with Crippen molar-refractivity contribution in [3.05, 3.63) is 62.9 Å². The van der Waals surface area contributed by atoms with E-state index in [2.05, 4.69) is 9.80 Å². The lowest BCUT2D eigenvalue weighted by Gasteiger charge is -2.43. The molecule has 3 aliphatic heterocycles. The van der Waals surface area contributed by atoms with Crippen LogP contribution in [0.25, 0.3) is 11.6 Å². The lowest BCUT2D eigenvalue weighted by molar-refractivity contribution is -0.134. The first-order valence-electron chi connectivity index (χ1n) is 17.3. The number of rotatable bonds is 5. The van der Waals surface area contributed by atoms with Gasteiger partial charge in [0, 0.05) is 49.4 Å². The molecule has 0 spiro atoms. The Morgan fingerprint density at radius 3 is 2.12 bits per heavy atom. The minimum Gasteiger partial charge on any atom is -0.478 e. The van der Waals surface area contributed by atoms with Crippen LogP contribution in [-0.2, 0) is 14.3 Å². The normalized spacial score (nSPS) is 21.6. The lowest BCUT2D eigenvalue weighted by atomic mass is 9.78. The van der Waals surface area contributed by atoms with Crippen LogP contribution < -0.4 is 0 Å². The SMILES string of the molecule is CC(C)(C)OC(=O)N1CCC(CC(=O)N2CCC(C3CCN(C4c5ccc(Cl)cc5C=C(C(=O)O)c5cc(Cl)cnc54)CC3)CC2)CC1. The molecule has 4 heterocycles. The first-order chi connectivity index (χ1) is 22.9. The van der Waals surface area contributed by atoms with E-state index in [9.17, 15) is 19.5 Å². The van der Waals surface area contributed by atoms with Crippen LogP contribution in [0.4, 0.5) is 4.79 Å². The Hall–Kier alpha value is -3.14. The van der Waals surface area contributed by atoms with E-state index in [4.69, 9.17) is 32.9 Å². The van der Waals surface area contributed by atoms with Gasteiger partial charge in [-0.3, -0.25) is 14.7 Å². The van der Waals surface area contributed by atoms with Crippen LogP contribution in [0, 0.1) is 17.8 Å². The predicted octanol–water partition coefficient (Wildman–Crippen LogP) is 7.40. The summed E-state index contributed by atoms with van der Waals surface area (Å²) in [7, 11) is 0. The molecule has 11 heteroatoms. The average Bonchev–Trinajstić information content (AvgIpc) is 3.18. The molecule has 1 atom stereocenters. The minimum atomic E-state index is -1.03. The van der Waals surface area contributed by atoms with Crippen LogP contribution >= 0.6 is 23.2 Å². The molecule has 4 aliphatic rings. The summed E-state index contributed by atoms with van der Waals surface area (Å²) < 4.78 is 5.51. The monoisotopic (exact) mass is 696 g/mol. The van der Waals surface area contributed by atoms with Crippen LogP contribution in [0.2, 0.25) is 10.0 Å². The van der Waals surface area contributed by atoms with E-state index in [1.54, 1.807) is 23.2 Å². The number of benzene rings is 1. The quantitative estimate of drug-likeness (QED) is 0.347. The van der Waals surface area contributed by atoms with E-state index in [0.717, 1.165) is 75.8 Å². The molecule has 3 fully saturated rings. The molecule has 2 amide bonds. The number of pyridine rings is 1. The maximum absolute atomic E-state index is 13.3. The smallest absolute Gasteiger partial charge is 0.410 e. The highest BCUT2D eigenvalue weighted by atomic mass is 35.5. The van der Waals surface area contributed by atoms with Crippen molar-refractivity contribution in [1.82, 2.24) is 19.7 Å². The Kier molecular flexibility index (Phi) is 10.4. The van der Waals surface area contributed by atoms with Crippen molar-refractivity contribution < 1.29 is 24.2 Å². The van der Waals surface area contributed by atoms with Crippen molar-refractivity contribution in [2.24, 2.45) is 17.8 Å². The molecule has 1 aliphatic carbocycles. The number of nitrogens with zero attached hydrogens (tertiary/aromatic N) is 4. The number of carboxylic acids is 1. The van der Waals surface area contributed by atoms with Crippen molar-refractivity contribution in [2.45, 2.75) is 77.4 Å². The first kappa shape index (κ1) is 34.7. The molecule has 3 saturated heterocycles. The number of likely N-dealkylation sites (tertiary alicyclic amines) is 3. The van der Waals surface area contributed by atoms with Crippen LogP contribution in [0.3, 0.4) is 0 Å². The van der Waals surface area contributed by atoms with E-state index < -0.39 is 11.6 Å². The number of carbonyl (C=O) groups is 3. The number of carbonyl (C=O) groups excluding carboxylic acids is 2. The zero-order valence-corrected chi connectivity index (χ0v) is 29.6. The van der Waals surface area contributed by atoms with Gasteiger partial charge in [-0.05, 0) is 126 Å². The van der Waals surface area contributed by atoms with Crippen molar-refractivity contribution in [1.29, 1.82) is 0 Å². The van der Waals surface area contributed by atoms with Crippen LogP contribution in [0.15, 0.2) is 30.5 Å². The molecule has 1 N–H and O–H groups in total. The van der Waals surface area contributed by atoms with Crippen molar-refractivity contribution in [3.8, 4) is 0 Å². The molecular formula is C37H46Cl2N4O5. The summed E-state index contributed by atoms with van der Waals surface area (Å²) in [5, 5.41) is 11.1. The predicted molar refractivity (Wildman–Crippen MR) is 187 cm³/mol. The second-order valence-corrected chi connectivity index (χ2v) is 15.7. The third kappa shape index (κ3) is 7.84. The third-order valence-electron chi connectivity index (χ3n) is 10.5. The molecule has 0 saturated carbocycles. The Balaban J connectivity index is 1.03. The Labute approximate surface area is 293 Å². The number of piperidine rings is 3. The number of carboxylic acid groups (broad SMARTS) is 1. The summed E-state index contributed by atoms with van der Waals surface area (Å²) in [6, 6.07) is 7.17. The van der Waals surface area contributed by atoms with Gasteiger partial charge in [-0.1, -0.05) is 29.3 Å². The second kappa shape index (κ2) is 14.4. The van der Waals surface area contributed by atoms with Gasteiger partial charge >= 0.3 is 12.1 Å². The van der Waals surface area contributed by atoms with Gasteiger partial charge in [0.05, 0.1) is 22.3 Å². The van der Waals surface area contributed by atoms with Gasteiger partial charge in [0.2, 0.25) is 5.91 Å². The van der Waals surface area contributed by atoms with Crippen LogP contribution in [0.1, 0.15) is 94.1 Å². The fourth-order valence-corrected chi connectivity index (χ4v) is 8.36. The number of aliphatic carboxylic acids is 1. The number of aromatic nitrogens is 1. The molecule has 6 rings (SSSR count). The van der Waals surface area contributed by atoms with Gasteiger partial charge in [0.1, 0.15) is 5.60 Å². The molecule has 0 radical (unpaired) electrons. The number of hydrogen-bond donors (Lipinski definition) is 1. The average molecular weight is 698 g/mol. The van der Waals surface area contributed by atoms with Gasteiger partial charge in [0.15, 0.2) is 0 Å². The van der Waals surface area contributed by atoms with Gasteiger partial charge in [-0.15, -0.1) is 0 Å². The summed E-state index contributed by atoms with van der Waals surface area (Å²) >= 11 is 12.7. The highest BCUT2D eigenvalue weighted by molar-refractivity contribution is 6.32. The van der Waals surface area contributed by atoms with E-state index in [-0.39, 0.29) is 23.6 Å². The number of fused-ring (bicyclic) bond motifs is 2. The van der Waals surface area contributed by atoms with Crippen LogP contribution in [-0.4, -0.2) is 87.6 Å². The van der Waals surface area contributed by atoms with Crippen LogP contribution in [0.5, 0.6) is 0 Å². The van der Waals surface area contributed by atoms with Crippen molar-refractivity contribution in [3.63, 3.8) is 0 Å². The summed E-state index contributed by atoms with van der Waals surface area (Å²) in [5.41, 5.74) is 2.68. The number of halogens is 2. The Morgan fingerprint density at radius 1 is 0.875 bits per heavy atom. The van der Waals surface area contributed by atoms with Gasteiger partial charge in [-0.25, -0.2) is 9.59 Å². The molecule has 2 aromatic rings. The minimum absolute atomic E-state index is 0.161. The lowest BCUT2D eigenvalue weighted by Crippen LogP contribution is -2.45. The van der Waals surface area contributed by atoms with Gasteiger partial charge < -0.3 is 19.6 Å². The summed E-state index contributed by atoms with van der Waals surface area (Å²) in [6.45, 7) is 10.3. The fourth-order valence-electron chi connectivity index (χ4n) is 8.02. The maximum atomic E-state index is 13.3. The topological polar surface area (TPSA) is 103 Å².